The predicted molar refractivity (Wildman–Crippen MR) is 76.0 cm³/mol. The van der Waals surface area contributed by atoms with Crippen molar-refractivity contribution in [2.75, 3.05) is 13.2 Å². The molecule has 18 heavy (non-hydrogen) atoms. The van der Waals surface area contributed by atoms with Gasteiger partial charge in [-0.1, -0.05) is 37.5 Å². The average molecular weight is 247 g/mol. The Labute approximate surface area is 111 Å². The van der Waals surface area contributed by atoms with E-state index >= 15 is 0 Å². The Morgan fingerprint density at radius 2 is 1.89 bits per heavy atom. The van der Waals surface area contributed by atoms with Gasteiger partial charge in [0.1, 0.15) is 12.4 Å². The van der Waals surface area contributed by atoms with Gasteiger partial charge >= 0.3 is 0 Å². The number of nitrogens with one attached hydrogen (secondary N) is 1. The first-order valence-corrected chi connectivity index (χ1v) is 7.27. The van der Waals surface area contributed by atoms with E-state index in [1.165, 1.54) is 32.1 Å². The first-order valence-electron chi connectivity index (χ1n) is 7.27. The first-order chi connectivity index (χ1) is 8.86. The van der Waals surface area contributed by atoms with Crippen LogP contribution in [0.15, 0.2) is 30.3 Å². The second kappa shape index (κ2) is 7.42. The minimum absolute atomic E-state index is 0.629. The monoisotopic (exact) mass is 247 g/mol. The Kier molecular flexibility index (Phi) is 5.53. The lowest BCUT2D eigenvalue weighted by Crippen LogP contribution is -2.37. The Morgan fingerprint density at radius 1 is 1.17 bits per heavy atom. The quantitative estimate of drug-likeness (QED) is 0.775. The van der Waals surface area contributed by atoms with Gasteiger partial charge in [-0.2, -0.15) is 0 Å². The highest BCUT2D eigenvalue weighted by Crippen LogP contribution is 2.26. The third-order valence-corrected chi connectivity index (χ3v) is 3.94. The van der Waals surface area contributed by atoms with E-state index in [2.05, 4.69) is 12.2 Å². The zero-order chi connectivity index (χ0) is 12.6. The molecule has 1 atom stereocenters. The Hall–Kier alpha value is -1.02. The third kappa shape index (κ3) is 4.34. The van der Waals surface area contributed by atoms with Gasteiger partial charge in [0.15, 0.2) is 0 Å². The summed E-state index contributed by atoms with van der Waals surface area (Å²) in [5.41, 5.74) is 0. The summed E-state index contributed by atoms with van der Waals surface area (Å²) in [6, 6.07) is 10.7. The van der Waals surface area contributed by atoms with Gasteiger partial charge in [0, 0.05) is 12.6 Å². The van der Waals surface area contributed by atoms with Crippen molar-refractivity contribution >= 4 is 0 Å². The summed E-state index contributed by atoms with van der Waals surface area (Å²) in [7, 11) is 0. The molecule has 100 valence electrons. The summed E-state index contributed by atoms with van der Waals surface area (Å²) >= 11 is 0. The van der Waals surface area contributed by atoms with Crippen molar-refractivity contribution in [3.8, 4) is 5.75 Å². The molecule has 2 nitrogen and oxygen atoms in total. The lowest BCUT2D eigenvalue weighted by molar-refractivity contribution is 0.256. The molecule has 0 heterocycles. The molecule has 0 aromatic heterocycles. The molecule has 2 rings (SSSR count). The lowest BCUT2D eigenvalue weighted by atomic mass is 9.84. The van der Waals surface area contributed by atoms with Crippen LogP contribution in [-0.2, 0) is 0 Å². The van der Waals surface area contributed by atoms with Gasteiger partial charge in [-0.3, -0.25) is 0 Å². The molecule has 1 aromatic rings. The number of rotatable bonds is 6. The van der Waals surface area contributed by atoms with Crippen LogP contribution in [0.3, 0.4) is 0 Å². The van der Waals surface area contributed by atoms with Gasteiger partial charge in [-0.15, -0.1) is 0 Å². The summed E-state index contributed by atoms with van der Waals surface area (Å²) in [6.45, 7) is 4.01. The fraction of sp³-hybridized carbons (Fsp3) is 0.625. The Balaban J connectivity index is 1.60. The fourth-order valence-corrected chi connectivity index (χ4v) is 2.77. The van der Waals surface area contributed by atoms with E-state index in [1.807, 2.05) is 30.3 Å². The second-order valence-corrected chi connectivity index (χ2v) is 5.30. The molecule has 0 unspecified atom stereocenters. The first kappa shape index (κ1) is 13.4. The SMILES string of the molecule is C[C@@H](NCCOc1ccccc1)C1CCCCC1. The van der Waals surface area contributed by atoms with Crippen molar-refractivity contribution in [1.29, 1.82) is 0 Å². The van der Waals surface area contributed by atoms with Crippen molar-refractivity contribution in [1.82, 2.24) is 5.32 Å². The second-order valence-electron chi connectivity index (χ2n) is 5.30. The minimum atomic E-state index is 0.629. The van der Waals surface area contributed by atoms with Crippen LogP contribution in [0, 0.1) is 5.92 Å². The van der Waals surface area contributed by atoms with Crippen LogP contribution < -0.4 is 10.1 Å². The summed E-state index contributed by atoms with van der Waals surface area (Å²) < 4.78 is 5.68. The van der Waals surface area contributed by atoms with Crippen molar-refractivity contribution in [3.63, 3.8) is 0 Å². The highest BCUT2D eigenvalue weighted by atomic mass is 16.5. The van der Waals surface area contributed by atoms with Crippen LogP contribution >= 0.6 is 0 Å². The maximum Gasteiger partial charge on any atom is 0.119 e. The molecule has 1 saturated carbocycles. The van der Waals surface area contributed by atoms with Gasteiger partial charge in [0.2, 0.25) is 0 Å². The molecule has 0 bridgehead atoms. The topological polar surface area (TPSA) is 21.3 Å². The summed E-state index contributed by atoms with van der Waals surface area (Å²) in [5, 5.41) is 3.60. The predicted octanol–water partition coefficient (Wildman–Crippen LogP) is 3.62. The fourth-order valence-electron chi connectivity index (χ4n) is 2.77. The van der Waals surface area contributed by atoms with Crippen LogP contribution in [-0.4, -0.2) is 19.2 Å². The molecule has 0 spiro atoms. The maximum absolute atomic E-state index is 5.68. The van der Waals surface area contributed by atoms with E-state index in [-0.39, 0.29) is 0 Å². The molecule has 1 fully saturated rings. The van der Waals surface area contributed by atoms with Crippen molar-refractivity contribution in [2.45, 2.75) is 45.1 Å². The highest BCUT2D eigenvalue weighted by molar-refractivity contribution is 5.20. The van der Waals surface area contributed by atoms with Crippen LogP contribution in [0.2, 0.25) is 0 Å². The molecule has 1 aliphatic rings. The highest BCUT2D eigenvalue weighted by Gasteiger charge is 2.19. The maximum atomic E-state index is 5.68. The number of benzene rings is 1. The standard InChI is InChI=1S/C16H25NO/c1-14(15-8-4-2-5-9-15)17-12-13-18-16-10-6-3-7-11-16/h3,6-7,10-11,14-15,17H,2,4-5,8-9,12-13H2,1H3/t14-/m1/s1. The summed E-state index contributed by atoms with van der Waals surface area (Å²) in [6.07, 6.45) is 7.05. The van der Waals surface area contributed by atoms with Gasteiger partial charge in [-0.05, 0) is 37.8 Å². The summed E-state index contributed by atoms with van der Waals surface area (Å²) in [5.74, 6) is 1.83. The van der Waals surface area contributed by atoms with Crippen LogP contribution in [0.4, 0.5) is 0 Å². The smallest absolute Gasteiger partial charge is 0.119 e. The molecular weight excluding hydrogens is 222 g/mol. The zero-order valence-corrected chi connectivity index (χ0v) is 11.4. The van der Waals surface area contributed by atoms with Crippen molar-refractivity contribution in [3.05, 3.63) is 30.3 Å². The van der Waals surface area contributed by atoms with E-state index < -0.39 is 0 Å². The van der Waals surface area contributed by atoms with E-state index in [1.54, 1.807) is 0 Å². The lowest BCUT2D eigenvalue weighted by Gasteiger charge is -2.28. The van der Waals surface area contributed by atoms with Crippen LogP contribution in [0.5, 0.6) is 5.75 Å². The zero-order valence-electron chi connectivity index (χ0n) is 11.4. The Morgan fingerprint density at radius 3 is 2.61 bits per heavy atom. The van der Waals surface area contributed by atoms with Crippen molar-refractivity contribution in [2.24, 2.45) is 5.92 Å². The van der Waals surface area contributed by atoms with E-state index in [0.717, 1.165) is 24.8 Å². The molecule has 0 aliphatic heterocycles. The molecule has 1 aliphatic carbocycles. The molecule has 1 aromatic carbocycles. The molecule has 0 saturated heterocycles. The normalized spacial score (nSPS) is 18.5. The van der Waals surface area contributed by atoms with Gasteiger partial charge in [0.05, 0.1) is 0 Å². The number of ether oxygens (including phenoxy) is 1. The average Bonchev–Trinajstić information content (AvgIpc) is 2.45. The van der Waals surface area contributed by atoms with E-state index in [4.69, 9.17) is 4.74 Å². The number of para-hydroxylation sites is 1. The van der Waals surface area contributed by atoms with Crippen LogP contribution in [0.25, 0.3) is 0 Å². The molecule has 0 amide bonds. The number of hydrogen-bond acceptors (Lipinski definition) is 2. The van der Waals surface area contributed by atoms with Gasteiger partial charge in [-0.25, -0.2) is 0 Å². The largest absolute Gasteiger partial charge is 0.492 e. The van der Waals surface area contributed by atoms with Gasteiger partial charge in [0.25, 0.3) is 0 Å². The van der Waals surface area contributed by atoms with E-state index in [9.17, 15) is 0 Å². The van der Waals surface area contributed by atoms with Crippen molar-refractivity contribution < 1.29 is 4.74 Å². The molecule has 1 N–H and O–H groups in total. The molecular formula is C16H25NO. The van der Waals surface area contributed by atoms with E-state index in [0.29, 0.717) is 6.04 Å². The molecule has 0 radical (unpaired) electrons. The number of hydrogen-bond donors (Lipinski definition) is 1. The van der Waals surface area contributed by atoms with Gasteiger partial charge < -0.3 is 10.1 Å². The third-order valence-electron chi connectivity index (χ3n) is 3.94. The minimum Gasteiger partial charge on any atom is -0.492 e. The Bertz CT molecular complexity index is 319. The summed E-state index contributed by atoms with van der Waals surface area (Å²) in [4.78, 5) is 0. The molecule has 2 heteroatoms. The van der Waals surface area contributed by atoms with Crippen LogP contribution in [0.1, 0.15) is 39.0 Å².